The van der Waals surface area contributed by atoms with Gasteiger partial charge in [-0.2, -0.15) is 5.26 Å². The number of benzene rings is 2. The topological polar surface area (TPSA) is 48.7 Å². The van der Waals surface area contributed by atoms with E-state index in [1.54, 1.807) is 7.11 Å². The van der Waals surface area contributed by atoms with Gasteiger partial charge in [-0.1, -0.05) is 42.5 Å². The highest BCUT2D eigenvalue weighted by Crippen LogP contribution is 2.32. The van der Waals surface area contributed by atoms with Gasteiger partial charge in [0, 0.05) is 57.7 Å². The van der Waals surface area contributed by atoms with Gasteiger partial charge in [0.05, 0.1) is 19.8 Å². The zero-order valence-electron chi connectivity index (χ0n) is 16.6. The smallest absolute Gasteiger partial charge is 0.165 e. The first-order valence-corrected chi connectivity index (χ1v) is 9.94. The summed E-state index contributed by atoms with van der Waals surface area (Å²) in [6.07, 6.45) is 1.48. The van der Waals surface area contributed by atoms with E-state index in [1.165, 1.54) is 5.56 Å². The number of piperazine rings is 1. The molecule has 0 unspecified atom stereocenters. The van der Waals surface area contributed by atoms with E-state index in [-0.39, 0.29) is 0 Å². The van der Waals surface area contributed by atoms with Crippen LogP contribution in [0.5, 0.6) is 11.5 Å². The number of methoxy groups -OCH3 is 1. The Bertz CT molecular complexity index is 765. The van der Waals surface area contributed by atoms with E-state index in [0.717, 1.165) is 62.8 Å². The van der Waals surface area contributed by atoms with Crippen LogP contribution in [0.4, 0.5) is 0 Å². The van der Waals surface area contributed by atoms with E-state index in [9.17, 15) is 0 Å². The molecule has 1 aliphatic heterocycles. The van der Waals surface area contributed by atoms with Crippen LogP contribution in [0.15, 0.2) is 48.5 Å². The first-order valence-electron chi connectivity index (χ1n) is 9.94. The van der Waals surface area contributed by atoms with Crippen molar-refractivity contribution in [3.63, 3.8) is 0 Å². The lowest BCUT2D eigenvalue weighted by Crippen LogP contribution is -2.46. The molecule has 1 saturated heterocycles. The van der Waals surface area contributed by atoms with Gasteiger partial charge in [0.2, 0.25) is 0 Å². The van der Waals surface area contributed by atoms with Crippen LogP contribution < -0.4 is 9.47 Å². The Morgan fingerprint density at radius 1 is 0.964 bits per heavy atom. The summed E-state index contributed by atoms with van der Waals surface area (Å²) in [4.78, 5) is 4.81. The summed E-state index contributed by atoms with van der Waals surface area (Å²) in [5, 5.41) is 8.75. The van der Waals surface area contributed by atoms with Crippen LogP contribution in [0, 0.1) is 11.3 Å². The van der Waals surface area contributed by atoms with Crippen molar-refractivity contribution in [2.75, 3.05) is 46.4 Å². The van der Waals surface area contributed by atoms with Crippen molar-refractivity contribution in [2.45, 2.75) is 19.4 Å². The number of rotatable bonds is 9. The zero-order chi connectivity index (χ0) is 19.6. The summed E-state index contributed by atoms with van der Waals surface area (Å²) >= 11 is 0. The van der Waals surface area contributed by atoms with E-state index in [4.69, 9.17) is 14.7 Å². The summed E-state index contributed by atoms with van der Waals surface area (Å²) in [6, 6.07) is 18.7. The molecule has 0 N–H and O–H groups in total. The molecule has 28 heavy (non-hydrogen) atoms. The van der Waals surface area contributed by atoms with Gasteiger partial charge in [-0.25, -0.2) is 0 Å². The molecule has 0 spiro atoms. The van der Waals surface area contributed by atoms with Crippen molar-refractivity contribution in [3.05, 3.63) is 59.7 Å². The Hall–Kier alpha value is -2.55. The fraction of sp³-hybridized carbons (Fsp3) is 0.435. The molecule has 5 nitrogen and oxygen atoms in total. The van der Waals surface area contributed by atoms with Crippen molar-refractivity contribution < 1.29 is 9.47 Å². The SMILES string of the molecule is COc1cccc(CN2CCN(CCC#N)CC2)c1OCCc1ccccc1. The molecule has 1 fully saturated rings. The third-order valence-electron chi connectivity index (χ3n) is 5.16. The highest BCUT2D eigenvalue weighted by atomic mass is 16.5. The Morgan fingerprint density at radius 2 is 1.71 bits per heavy atom. The number of nitriles is 1. The Balaban J connectivity index is 1.59. The molecule has 0 amide bonds. The minimum Gasteiger partial charge on any atom is -0.493 e. The predicted octanol–water partition coefficient (Wildman–Crippen LogP) is 3.35. The maximum atomic E-state index is 8.75. The van der Waals surface area contributed by atoms with Crippen LogP contribution in [0.2, 0.25) is 0 Å². The molecule has 0 bridgehead atoms. The average molecular weight is 380 g/mol. The highest BCUT2D eigenvalue weighted by molar-refractivity contribution is 5.46. The first kappa shape index (κ1) is 20.2. The maximum absolute atomic E-state index is 8.75. The molecular weight excluding hydrogens is 350 g/mol. The molecule has 3 rings (SSSR count). The van der Waals surface area contributed by atoms with Crippen molar-refractivity contribution in [2.24, 2.45) is 0 Å². The highest BCUT2D eigenvalue weighted by Gasteiger charge is 2.19. The summed E-state index contributed by atoms with van der Waals surface area (Å²) in [6.45, 7) is 6.38. The van der Waals surface area contributed by atoms with E-state index < -0.39 is 0 Å². The molecule has 5 heteroatoms. The van der Waals surface area contributed by atoms with Gasteiger partial charge in [-0.15, -0.1) is 0 Å². The minimum atomic E-state index is 0.606. The van der Waals surface area contributed by atoms with Crippen molar-refractivity contribution >= 4 is 0 Å². The number of hydrogen-bond donors (Lipinski definition) is 0. The molecular formula is C23H29N3O2. The fourth-order valence-electron chi connectivity index (χ4n) is 3.55. The van der Waals surface area contributed by atoms with Crippen LogP contribution >= 0.6 is 0 Å². The van der Waals surface area contributed by atoms with Crippen molar-refractivity contribution in [1.82, 2.24) is 9.80 Å². The molecule has 0 atom stereocenters. The first-order chi connectivity index (χ1) is 13.8. The van der Waals surface area contributed by atoms with Crippen molar-refractivity contribution in [3.8, 4) is 17.6 Å². The van der Waals surface area contributed by atoms with E-state index in [0.29, 0.717) is 13.0 Å². The van der Waals surface area contributed by atoms with Crippen LogP contribution in [-0.4, -0.2) is 56.2 Å². The molecule has 0 saturated carbocycles. The second-order valence-electron chi connectivity index (χ2n) is 7.06. The normalized spacial score (nSPS) is 15.1. The van der Waals surface area contributed by atoms with E-state index in [2.05, 4.69) is 46.2 Å². The Labute approximate surface area is 168 Å². The molecule has 148 valence electrons. The summed E-state index contributed by atoms with van der Waals surface area (Å²) in [5.74, 6) is 1.64. The van der Waals surface area contributed by atoms with Gasteiger partial charge in [-0.05, 0) is 11.6 Å². The van der Waals surface area contributed by atoms with Crippen LogP contribution in [0.25, 0.3) is 0 Å². The number of nitrogens with zero attached hydrogens (tertiary/aromatic N) is 3. The monoisotopic (exact) mass is 379 g/mol. The van der Waals surface area contributed by atoms with Crippen LogP contribution in [0.1, 0.15) is 17.5 Å². The molecule has 2 aromatic carbocycles. The third-order valence-corrected chi connectivity index (χ3v) is 5.16. The number of ether oxygens (including phenoxy) is 2. The average Bonchev–Trinajstić information content (AvgIpc) is 2.75. The van der Waals surface area contributed by atoms with Gasteiger partial charge in [0.1, 0.15) is 0 Å². The largest absolute Gasteiger partial charge is 0.493 e. The summed E-state index contributed by atoms with van der Waals surface area (Å²) < 4.78 is 11.7. The second kappa shape index (κ2) is 10.7. The zero-order valence-corrected chi connectivity index (χ0v) is 16.6. The minimum absolute atomic E-state index is 0.606. The molecule has 1 heterocycles. The Morgan fingerprint density at radius 3 is 2.43 bits per heavy atom. The van der Waals surface area contributed by atoms with Gasteiger partial charge in [0.15, 0.2) is 11.5 Å². The standard InChI is InChI=1S/C23H29N3O2/c1-27-22-10-5-9-21(19-26-16-14-25(15-17-26)13-6-12-24)23(22)28-18-11-20-7-3-2-4-8-20/h2-5,7-10H,6,11,13-19H2,1H3. The van der Waals surface area contributed by atoms with Gasteiger partial charge in [0.25, 0.3) is 0 Å². The van der Waals surface area contributed by atoms with E-state index in [1.807, 2.05) is 18.2 Å². The quantitative estimate of drug-likeness (QED) is 0.669. The van der Waals surface area contributed by atoms with Gasteiger partial charge < -0.3 is 9.47 Å². The van der Waals surface area contributed by atoms with Crippen molar-refractivity contribution in [1.29, 1.82) is 5.26 Å². The lowest BCUT2D eigenvalue weighted by atomic mass is 10.1. The maximum Gasteiger partial charge on any atom is 0.165 e. The molecule has 2 aromatic rings. The molecule has 0 aromatic heterocycles. The molecule has 1 aliphatic rings. The Kier molecular flexibility index (Phi) is 7.71. The number of hydrogen-bond acceptors (Lipinski definition) is 5. The lowest BCUT2D eigenvalue weighted by Gasteiger charge is -2.34. The third kappa shape index (κ3) is 5.72. The molecule has 0 radical (unpaired) electrons. The predicted molar refractivity (Wildman–Crippen MR) is 111 cm³/mol. The van der Waals surface area contributed by atoms with Gasteiger partial charge >= 0.3 is 0 Å². The van der Waals surface area contributed by atoms with Gasteiger partial charge in [-0.3, -0.25) is 9.80 Å². The van der Waals surface area contributed by atoms with Crippen LogP contribution in [-0.2, 0) is 13.0 Å². The summed E-state index contributed by atoms with van der Waals surface area (Å²) in [5.41, 5.74) is 2.44. The fourth-order valence-corrected chi connectivity index (χ4v) is 3.55. The molecule has 0 aliphatic carbocycles. The second-order valence-corrected chi connectivity index (χ2v) is 7.06. The van der Waals surface area contributed by atoms with Crippen LogP contribution in [0.3, 0.4) is 0 Å². The van der Waals surface area contributed by atoms with E-state index >= 15 is 0 Å². The number of para-hydroxylation sites is 1. The summed E-state index contributed by atoms with van der Waals surface area (Å²) in [7, 11) is 1.69. The lowest BCUT2D eigenvalue weighted by molar-refractivity contribution is 0.128.